The van der Waals surface area contributed by atoms with Crippen LogP contribution in [0, 0.1) is 0 Å². The summed E-state index contributed by atoms with van der Waals surface area (Å²) < 4.78 is 11.4. The monoisotopic (exact) mass is 268 g/mol. The third-order valence-corrected chi connectivity index (χ3v) is 2.97. The zero-order valence-corrected chi connectivity index (χ0v) is 10.8. The van der Waals surface area contributed by atoms with Gasteiger partial charge in [0.15, 0.2) is 5.95 Å². The van der Waals surface area contributed by atoms with Crippen molar-refractivity contribution in [1.82, 2.24) is 5.27 Å². The van der Waals surface area contributed by atoms with Gasteiger partial charge >= 0.3 is 0 Å². The highest BCUT2D eigenvalue weighted by Gasteiger charge is 2.21. The third-order valence-electron chi connectivity index (χ3n) is 2.97. The van der Waals surface area contributed by atoms with E-state index in [2.05, 4.69) is 5.27 Å². The molecular formula is C15H12N2O3. The Kier molecular flexibility index (Phi) is 3.09. The van der Waals surface area contributed by atoms with Gasteiger partial charge in [-0.05, 0) is 28.9 Å². The van der Waals surface area contributed by atoms with Crippen LogP contribution in [0.1, 0.15) is 0 Å². The molecule has 0 unspecified atom stereocenters. The normalized spacial score (nSPS) is 10.4. The number of hydrogen-bond acceptors (Lipinski definition) is 4. The summed E-state index contributed by atoms with van der Waals surface area (Å²) in [5.41, 5.74) is 1.89. The number of methoxy groups -OCH3 is 1. The van der Waals surface area contributed by atoms with E-state index in [4.69, 9.17) is 9.26 Å². The van der Waals surface area contributed by atoms with Gasteiger partial charge in [-0.15, -0.1) is 0 Å². The van der Waals surface area contributed by atoms with Crippen molar-refractivity contribution in [1.29, 1.82) is 0 Å². The second-order valence-corrected chi connectivity index (χ2v) is 4.18. The van der Waals surface area contributed by atoms with E-state index in [9.17, 15) is 5.11 Å². The van der Waals surface area contributed by atoms with Crippen LogP contribution in [-0.4, -0.2) is 12.4 Å². The molecule has 5 nitrogen and oxygen atoms in total. The smallest absolute Gasteiger partial charge is 0.270 e. The van der Waals surface area contributed by atoms with E-state index in [1.165, 1.54) is 4.68 Å². The van der Waals surface area contributed by atoms with Crippen LogP contribution < -0.4 is 14.5 Å². The quantitative estimate of drug-likeness (QED) is 0.678. The predicted molar refractivity (Wildman–Crippen MR) is 69.5 cm³/mol. The number of rotatable bonds is 3. The minimum atomic E-state index is -0.466. The molecule has 0 saturated heterocycles. The molecule has 1 heterocycles. The topological polar surface area (TPSA) is 62.2 Å². The Morgan fingerprint density at radius 2 is 1.75 bits per heavy atom. The van der Waals surface area contributed by atoms with Crippen LogP contribution in [0.2, 0.25) is 0 Å². The van der Waals surface area contributed by atoms with Crippen LogP contribution >= 0.6 is 0 Å². The van der Waals surface area contributed by atoms with Crippen molar-refractivity contribution in [2.45, 2.75) is 0 Å². The summed E-state index contributed by atoms with van der Waals surface area (Å²) in [4.78, 5) is 0. The number of aromatic nitrogens is 2. The summed E-state index contributed by atoms with van der Waals surface area (Å²) in [6.07, 6.45) is 0. The highest BCUT2D eigenvalue weighted by Crippen LogP contribution is 2.24. The predicted octanol–water partition coefficient (Wildman–Crippen LogP) is 1.70. The molecule has 5 heteroatoms. The number of ether oxygens (including phenoxy) is 1. The SMILES string of the molecule is COc1ccc(-[n+]2noc([O-])c2-c2ccccc2)cc1. The van der Waals surface area contributed by atoms with Gasteiger partial charge in [0.1, 0.15) is 5.75 Å². The van der Waals surface area contributed by atoms with Gasteiger partial charge in [-0.1, -0.05) is 18.2 Å². The molecule has 0 N–H and O–H groups in total. The minimum absolute atomic E-state index is 0.399. The third kappa shape index (κ3) is 2.09. The maximum Gasteiger partial charge on any atom is 0.270 e. The maximum absolute atomic E-state index is 11.9. The molecule has 0 aliphatic carbocycles. The first-order valence-electron chi connectivity index (χ1n) is 6.08. The van der Waals surface area contributed by atoms with Crippen molar-refractivity contribution < 1.29 is 19.0 Å². The molecule has 0 atom stereocenters. The van der Waals surface area contributed by atoms with E-state index in [1.54, 1.807) is 19.2 Å². The summed E-state index contributed by atoms with van der Waals surface area (Å²) in [7, 11) is 1.60. The van der Waals surface area contributed by atoms with Crippen LogP contribution in [0.25, 0.3) is 16.9 Å². The van der Waals surface area contributed by atoms with Crippen molar-refractivity contribution in [3.05, 3.63) is 54.6 Å². The lowest BCUT2D eigenvalue weighted by Gasteiger charge is -2.00. The van der Waals surface area contributed by atoms with Crippen molar-refractivity contribution in [2.24, 2.45) is 0 Å². The molecule has 20 heavy (non-hydrogen) atoms. The van der Waals surface area contributed by atoms with Gasteiger partial charge in [0.05, 0.1) is 17.9 Å². The van der Waals surface area contributed by atoms with E-state index >= 15 is 0 Å². The second kappa shape index (κ2) is 5.05. The van der Waals surface area contributed by atoms with Gasteiger partial charge in [0.2, 0.25) is 5.69 Å². The van der Waals surface area contributed by atoms with Crippen LogP contribution in [-0.2, 0) is 0 Å². The first-order valence-corrected chi connectivity index (χ1v) is 6.08. The molecule has 0 aliphatic heterocycles. The van der Waals surface area contributed by atoms with E-state index in [0.717, 1.165) is 17.0 Å². The minimum Gasteiger partial charge on any atom is -0.539 e. The van der Waals surface area contributed by atoms with Crippen LogP contribution in [0.5, 0.6) is 11.7 Å². The van der Waals surface area contributed by atoms with Gasteiger partial charge in [0.25, 0.3) is 5.69 Å². The first-order chi connectivity index (χ1) is 9.79. The Morgan fingerprint density at radius 1 is 1.05 bits per heavy atom. The van der Waals surface area contributed by atoms with Crippen molar-refractivity contribution in [2.75, 3.05) is 7.11 Å². The van der Waals surface area contributed by atoms with Crippen molar-refractivity contribution in [3.8, 4) is 28.6 Å². The van der Waals surface area contributed by atoms with Crippen LogP contribution in [0.15, 0.2) is 59.1 Å². The highest BCUT2D eigenvalue weighted by atomic mass is 16.6. The average Bonchev–Trinajstić information content (AvgIpc) is 2.90. The molecule has 3 aromatic rings. The fraction of sp³-hybridized carbons (Fsp3) is 0.0667. The molecule has 0 radical (unpaired) electrons. The highest BCUT2D eigenvalue weighted by molar-refractivity contribution is 5.59. The number of nitrogens with zero attached hydrogens (tertiary/aromatic N) is 2. The van der Waals surface area contributed by atoms with Crippen LogP contribution in [0.3, 0.4) is 0 Å². The fourth-order valence-electron chi connectivity index (χ4n) is 1.98. The maximum atomic E-state index is 11.9. The summed E-state index contributed by atoms with van der Waals surface area (Å²) in [6.45, 7) is 0. The second-order valence-electron chi connectivity index (χ2n) is 4.18. The molecule has 0 amide bonds. The first kappa shape index (κ1) is 12.2. The molecule has 0 bridgehead atoms. The molecule has 3 rings (SSSR count). The number of benzene rings is 2. The summed E-state index contributed by atoms with van der Waals surface area (Å²) in [6, 6.07) is 16.5. The van der Waals surface area contributed by atoms with Gasteiger partial charge in [-0.3, -0.25) is 0 Å². The largest absolute Gasteiger partial charge is 0.539 e. The lowest BCUT2D eigenvalue weighted by molar-refractivity contribution is -0.660. The molecular weight excluding hydrogens is 256 g/mol. The molecule has 2 aromatic carbocycles. The zero-order chi connectivity index (χ0) is 13.9. The Morgan fingerprint density at radius 3 is 2.40 bits per heavy atom. The molecule has 0 spiro atoms. The van der Waals surface area contributed by atoms with Crippen LogP contribution in [0.4, 0.5) is 0 Å². The van der Waals surface area contributed by atoms with Crippen molar-refractivity contribution >= 4 is 0 Å². The number of hydrogen-bond donors (Lipinski definition) is 0. The molecule has 0 aliphatic rings. The van der Waals surface area contributed by atoms with E-state index in [-0.39, 0.29) is 0 Å². The van der Waals surface area contributed by atoms with Gasteiger partial charge in [-0.2, -0.15) is 0 Å². The van der Waals surface area contributed by atoms with Gasteiger partial charge < -0.3 is 14.4 Å². The summed E-state index contributed by atoms with van der Waals surface area (Å²) in [5.74, 6) is 0.272. The lowest BCUT2D eigenvalue weighted by atomic mass is 10.1. The standard InChI is InChI=1S/C15H12N2O3/c1-19-13-9-7-12(8-10-13)17-14(15(18)20-16-17)11-5-3-2-4-6-11/h2-10H,1H3. The van der Waals surface area contributed by atoms with Gasteiger partial charge in [-0.25, -0.2) is 0 Å². The molecule has 100 valence electrons. The Labute approximate surface area is 115 Å². The molecule has 0 fully saturated rings. The average molecular weight is 268 g/mol. The van der Waals surface area contributed by atoms with Gasteiger partial charge in [0, 0.05) is 12.1 Å². The van der Waals surface area contributed by atoms with E-state index < -0.39 is 5.95 Å². The Bertz CT molecular complexity index is 706. The summed E-state index contributed by atoms with van der Waals surface area (Å²) >= 11 is 0. The van der Waals surface area contributed by atoms with E-state index in [1.807, 2.05) is 42.5 Å². The van der Waals surface area contributed by atoms with Crippen molar-refractivity contribution in [3.63, 3.8) is 0 Å². The molecule has 0 saturated carbocycles. The zero-order valence-electron chi connectivity index (χ0n) is 10.8. The Hall–Kier alpha value is -2.82. The molecule has 1 aromatic heterocycles. The summed E-state index contributed by atoms with van der Waals surface area (Å²) in [5, 5.41) is 15.7. The lowest BCUT2D eigenvalue weighted by Crippen LogP contribution is -2.34. The fourth-order valence-corrected chi connectivity index (χ4v) is 1.98. The van der Waals surface area contributed by atoms with E-state index in [0.29, 0.717) is 5.69 Å². The Balaban J connectivity index is 2.11.